The van der Waals surface area contributed by atoms with Crippen molar-refractivity contribution in [2.75, 3.05) is 17.7 Å². The summed E-state index contributed by atoms with van der Waals surface area (Å²) in [4.78, 5) is 22.8. The minimum atomic E-state index is -1.46. The number of carbonyl (C=O) groups is 1. The molecule has 0 unspecified atom stereocenters. The highest BCUT2D eigenvalue weighted by atomic mass is 16.6. The molecule has 0 radical (unpaired) electrons. The smallest absolute Gasteiger partial charge is 0.411 e. The number of fused-ring (bicyclic) bond motifs is 1. The minimum absolute atomic E-state index is 0.0644. The predicted octanol–water partition coefficient (Wildman–Crippen LogP) is -1.33. The number of carboxylic acid groups (broad SMARTS) is 1. The summed E-state index contributed by atoms with van der Waals surface area (Å²) in [5.41, 5.74) is 4.63. The fourth-order valence-corrected chi connectivity index (χ4v) is 3.03. The normalized spacial score (nSPS) is 29.2. The summed E-state index contributed by atoms with van der Waals surface area (Å²) in [6.07, 6.45) is -3.55. The van der Waals surface area contributed by atoms with Gasteiger partial charge in [0.1, 0.15) is 23.8 Å². The highest BCUT2D eigenvalue weighted by Crippen LogP contribution is 2.40. The van der Waals surface area contributed by atoms with Crippen LogP contribution in [0.2, 0.25) is 0 Å². The Balaban J connectivity index is 2.17. The molecule has 136 valence electrons. The van der Waals surface area contributed by atoms with Crippen LogP contribution in [0, 0.1) is 0 Å². The third kappa shape index (κ3) is 2.55. The molecule has 12 heteroatoms. The number of hydrogen-bond donors (Lipinski definition) is 6. The second kappa shape index (κ2) is 6.07. The lowest BCUT2D eigenvalue weighted by atomic mass is 10.00. The van der Waals surface area contributed by atoms with Gasteiger partial charge in [-0.3, -0.25) is 9.88 Å². The summed E-state index contributed by atoms with van der Waals surface area (Å²) in [6, 6.07) is 0. The lowest BCUT2D eigenvalue weighted by molar-refractivity contribution is -0.147. The van der Waals surface area contributed by atoms with E-state index >= 15 is 0 Å². The maximum atomic E-state index is 10.8. The summed E-state index contributed by atoms with van der Waals surface area (Å²) in [5, 5.41) is 40.8. The van der Waals surface area contributed by atoms with Crippen molar-refractivity contribution in [3.8, 4) is 0 Å². The number of nitrogens with two attached hydrogens (primary N) is 1. The van der Waals surface area contributed by atoms with E-state index in [1.807, 2.05) is 5.32 Å². The number of anilines is 2. The van der Waals surface area contributed by atoms with Gasteiger partial charge in [0.2, 0.25) is 5.95 Å². The van der Waals surface area contributed by atoms with Gasteiger partial charge in [0, 0.05) is 0 Å². The number of hydrogen-bond acceptors (Lipinski definition) is 9. The Labute approximate surface area is 140 Å². The number of imidazole rings is 1. The van der Waals surface area contributed by atoms with Crippen LogP contribution < -0.4 is 11.1 Å². The molecule has 3 rings (SSSR count). The molecule has 0 bridgehead atoms. The molecule has 0 aliphatic carbocycles. The first-order chi connectivity index (χ1) is 11.8. The first-order valence-corrected chi connectivity index (χ1v) is 7.49. The molecule has 0 aromatic carbocycles. The molecule has 1 amide bonds. The van der Waals surface area contributed by atoms with Gasteiger partial charge in [-0.25, -0.2) is 9.78 Å². The van der Waals surface area contributed by atoms with E-state index in [-0.39, 0.29) is 29.4 Å². The molecule has 1 saturated heterocycles. The minimum Gasteiger partial charge on any atom is -0.465 e. The third-order valence-corrected chi connectivity index (χ3v) is 4.26. The van der Waals surface area contributed by atoms with Gasteiger partial charge in [-0.2, -0.15) is 9.97 Å². The number of amides is 1. The SMILES string of the molecule is CC[C@@]1(n2cnc3c(N)nc(NC(=O)O)nc32)O[C@H](CO)[C@@H](O)[C@H]1O. The van der Waals surface area contributed by atoms with Gasteiger partial charge in [0.05, 0.1) is 12.9 Å². The van der Waals surface area contributed by atoms with E-state index in [1.54, 1.807) is 6.92 Å². The predicted molar refractivity (Wildman–Crippen MR) is 83.6 cm³/mol. The average molecular weight is 354 g/mol. The molecule has 2 aromatic heterocycles. The van der Waals surface area contributed by atoms with E-state index in [4.69, 9.17) is 15.6 Å². The quantitative estimate of drug-likeness (QED) is 0.384. The average Bonchev–Trinajstić information content (AvgIpc) is 3.09. The van der Waals surface area contributed by atoms with Crippen molar-refractivity contribution in [2.45, 2.75) is 37.4 Å². The number of nitrogens with zero attached hydrogens (tertiary/aromatic N) is 4. The molecule has 1 fully saturated rings. The highest BCUT2D eigenvalue weighted by molar-refractivity contribution is 5.86. The number of ether oxygens (including phenoxy) is 1. The molecule has 3 heterocycles. The van der Waals surface area contributed by atoms with E-state index in [9.17, 15) is 20.1 Å². The Morgan fingerprint density at radius 1 is 1.48 bits per heavy atom. The highest BCUT2D eigenvalue weighted by Gasteiger charge is 2.54. The molecule has 25 heavy (non-hydrogen) atoms. The van der Waals surface area contributed by atoms with Crippen LogP contribution in [0.1, 0.15) is 13.3 Å². The Morgan fingerprint density at radius 2 is 2.20 bits per heavy atom. The first-order valence-electron chi connectivity index (χ1n) is 7.49. The van der Waals surface area contributed by atoms with E-state index in [0.717, 1.165) is 0 Å². The van der Waals surface area contributed by atoms with Gasteiger partial charge in [0.25, 0.3) is 0 Å². The summed E-state index contributed by atoms with van der Waals surface area (Å²) >= 11 is 0. The lowest BCUT2D eigenvalue weighted by Crippen LogP contribution is -2.45. The van der Waals surface area contributed by atoms with Crippen molar-refractivity contribution in [2.24, 2.45) is 0 Å². The molecule has 4 atom stereocenters. The largest absolute Gasteiger partial charge is 0.465 e. The second-order valence-corrected chi connectivity index (χ2v) is 5.62. The zero-order chi connectivity index (χ0) is 18.4. The number of rotatable bonds is 4. The van der Waals surface area contributed by atoms with Crippen LogP contribution >= 0.6 is 0 Å². The molecule has 0 saturated carbocycles. The van der Waals surface area contributed by atoms with Crippen molar-refractivity contribution in [1.29, 1.82) is 0 Å². The van der Waals surface area contributed by atoms with Crippen LogP contribution in [-0.2, 0) is 10.5 Å². The lowest BCUT2D eigenvalue weighted by Gasteiger charge is -2.32. The van der Waals surface area contributed by atoms with Crippen LogP contribution in [-0.4, -0.2) is 71.0 Å². The maximum absolute atomic E-state index is 10.8. The molecule has 2 aromatic rings. The van der Waals surface area contributed by atoms with Gasteiger partial charge in [-0.05, 0) is 6.42 Å². The van der Waals surface area contributed by atoms with Gasteiger partial charge in [-0.15, -0.1) is 0 Å². The topological polar surface area (TPSA) is 189 Å². The second-order valence-electron chi connectivity index (χ2n) is 5.62. The number of nitrogen functional groups attached to an aromatic ring is 1. The molecular weight excluding hydrogens is 336 g/mol. The molecular formula is C13H18N6O6. The number of aliphatic hydroxyl groups excluding tert-OH is 3. The van der Waals surface area contributed by atoms with Crippen LogP contribution in [0.15, 0.2) is 6.33 Å². The van der Waals surface area contributed by atoms with Crippen molar-refractivity contribution >= 4 is 29.0 Å². The van der Waals surface area contributed by atoms with Gasteiger partial charge in [0.15, 0.2) is 17.2 Å². The van der Waals surface area contributed by atoms with Gasteiger partial charge in [-0.1, -0.05) is 6.92 Å². The zero-order valence-electron chi connectivity index (χ0n) is 13.2. The maximum Gasteiger partial charge on any atom is 0.411 e. The monoisotopic (exact) mass is 354 g/mol. The van der Waals surface area contributed by atoms with Crippen molar-refractivity contribution in [1.82, 2.24) is 19.5 Å². The van der Waals surface area contributed by atoms with Crippen LogP contribution in [0.4, 0.5) is 16.6 Å². The molecule has 7 N–H and O–H groups in total. The van der Waals surface area contributed by atoms with E-state index < -0.39 is 36.7 Å². The fourth-order valence-electron chi connectivity index (χ4n) is 3.03. The molecule has 0 spiro atoms. The van der Waals surface area contributed by atoms with Crippen LogP contribution in [0.3, 0.4) is 0 Å². The molecule has 1 aliphatic rings. The number of aromatic nitrogens is 4. The third-order valence-electron chi connectivity index (χ3n) is 4.26. The Morgan fingerprint density at radius 3 is 2.76 bits per heavy atom. The number of nitrogens with one attached hydrogen (secondary N) is 1. The Bertz CT molecular complexity index is 812. The Hall–Kier alpha value is -2.54. The molecule has 1 aliphatic heterocycles. The fraction of sp³-hybridized carbons (Fsp3) is 0.538. The van der Waals surface area contributed by atoms with Crippen LogP contribution in [0.25, 0.3) is 11.2 Å². The standard InChI is InChI=1S/C13H18N6O6/c1-2-13(8(22)7(21)5(3-20)25-13)19-4-15-6-9(14)16-11(17-10(6)19)18-12(23)24/h4-5,7-8,20-22H,2-3H2,1H3,(H,23,24)(H3,14,16,17,18)/t5-,7-,8-,13-/m1/s1. The first kappa shape index (κ1) is 17.3. The zero-order valence-corrected chi connectivity index (χ0v) is 13.2. The number of aliphatic hydroxyl groups is 3. The van der Waals surface area contributed by atoms with Crippen molar-refractivity contribution in [3.05, 3.63) is 6.33 Å². The van der Waals surface area contributed by atoms with Crippen molar-refractivity contribution in [3.63, 3.8) is 0 Å². The van der Waals surface area contributed by atoms with Gasteiger partial charge < -0.3 is 30.9 Å². The van der Waals surface area contributed by atoms with E-state index in [1.165, 1.54) is 10.9 Å². The molecule has 12 nitrogen and oxygen atoms in total. The Kier molecular flexibility index (Phi) is 4.20. The van der Waals surface area contributed by atoms with E-state index in [0.29, 0.717) is 0 Å². The summed E-state index contributed by atoms with van der Waals surface area (Å²) in [5.74, 6) is -0.331. The van der Waals surface area contributed by atoms with E-state index in [2.05, 4.69) is 15.0 Å². The van der Waals surface area contributed by atoms with Crippen LogP contribution in [0.5, 0.6) is 0 Å². The van der Waals surface area contributed by atoms with Gasteiger partial charge >= 0.3 is 6.09 Å². The summed E-state index contributed by atoms with van der Waals surface area (Å²) < 4.78 is 7.08. The van der Waals surface area contributed by atoms with Crippen molar-refractivity contribution < 1.29 is 30.0 Å². The summed E-state index contributed by atoms with van der Waals surface area (Å²) in [7, 11) is 0. The summed E-state index contributed by atoms with van der Waals surface area (Å²) in [6.45, 7) is 1.22.